The predicted octanol–water partition coefficient (Wildman–Crippen LogP) is 4.51. The summed E-state index contributed by atoms with van der Waals surface area (Å²) in [5, 5.41) is 4.79. The zero-order valence-corrected chi connectivity index (χ0v) is 17.5. The van der Waals surface area contributed by atoms with E-state index in [0.29, 0.717) is 5.69 Å². The number of carbonyl (C=O) groups excluding carboxylic acids is 1. The monoisotopic (exact) mass is 389 g/mol. The van der Waals surface area contributed by atoms with E-state index in [1.54, 1.807) is 12.0 Å². The first-order valence-corrected chi connectivity index (χ1v) is 10.1. The van der Waals surface area contributed by atoms with Crippen LogP contribution in [0.2, 0.25) is 0 Å². The molecule has 0 aliphatic heterocycles. The second-order valence-corrected chi connectivity index (χ2v) is 7.69. The van der Waals surface area contributed by atoms with E-state index < -0.39 is 0 Å². The minimum atomic E-state index is -0.0610. The highest BCUT2D eigenvalue weighted by Gasteiger charge is 2.30. The maximum Gasteiger partial charge on any atom is 0.274 e. The average molecular weight is 389 g/mol. The molecule has 0 N–H and O–H groups in total. The van der Waals surface area contributed by atoms with Crippen molar-refractivity contribution in [3.05, 3.63) is 76.6 Å². The largest absolute Gasteiger partial charge is 0.497 e. The molecule has 1 aromatic heterocycles. The normalized spacial score (nSPS) is 13.8. The van der Waals surface area contributed by atoms with Crippen molar-refractivity contribution in [3.63, 3.8) is 0 Å². The summed E-state index contributed by atoms with van der Waals surface area (Å²) < 4.78 is 7.22. The molecule has 4 rings (SSSR count). The number of fused-ring (bicyclic) bond motifs is 1. The molecular formula is C24H27N3O2. The highest BCUT2D eigenvalue weighted by Crippen LogP contribution is 2.31. The molecule has 3 aromatic rings. The predicted molar refractivity (Wildman–Crippen MR) is 114 cm³/mol. The molecule has 5 heteroatoms. The van der Waals surface area contributed by atoms with Crippen molar-refractivity contribution in [1.82, 2.24) is 14.7 Å². The van der Waals surface area contributed by atoms with Gasteiger partial charge < -0.3 is 9.64 Å². The number of ether oxygens (including phenoxy) is 1. The van der Waals surface area contributed by atoms with Crippen molar-refractivity contribution in [2.75, 3.05) is 14.2 Å². The average Bonchev–Trinajstić information content (AvgIpc) is 3.36. The molecule has 1 atom stereocenters. The molecule has 0 fully saturated rings. The molecule has 0 radical (unpaired) electrons. The molecule has 1 heterocycles. The Labute approximate surface area is 171 Å². The van der Waals surface area contributed by atoms with Gasteiger partial charge >= 0.3 is 0 Å². The van der Waals surface area contributed by atoms with Gasteiger partial charge in [-0.2, -0.15) is 5.10 Å². The number of rotatable bonds is 5. The third-order valence-electron chi connectivity index (χ3n) is 5.98. The summed E-state index contributed by atoms with van der Waals surface area (Å²) in [4.78, 5) is 15.2. The van der Waals surface area contributed by atoms with Crippen molar-refractivity contribution in [2.24, 2.45) is 0 Å². The number of hydrogen-bond donors (Lipinski definition) is 0. The van der Waals surface area contributed by atoms with Gasteiger partial charge in [0, 0.05) is 18.3 Å². The lowest BCUT2D eigenvalue weighted by molar-refractivity contribution is 0.0735. The van der Waals surface area contributed by atoms with Gasteiger partial charge in [-0.15, -0.1) is 0 Å². The summed E-state index contributed by atoms with van der Waals surface area (Å²) in [6, 6.07) is 16.0. The van der Waals surface area contributed by atoms with E-state index in [9.17, 15) is 4.79 Å². The van der Waals surface area contributed by atoms with Gasteiger partial charge in [0.05, 0.1) is 18.8 Å². The van der Waals surface area contributed by atoms with Gasteiger partial charge in [-0.05, 0) is 62.4 Å². The van der Waals surface area contributed by atoms with Crippen LogP contribution in [0, 0.1) is 6.92 Å². The number of nitrogens with zero attached hydrogens (tertiary/aromatic N) is 3. The second-order valence-electron chi connectivity index (χ2n) is 7.69. The smallest absolute Gasteiger partial charge is 0.274 e. The first kappa shape index (κ1) is 19.2. The quantitative estimate of drug-likeness (QED) is 0.645. The first-order valence-electron chi connectivity index (χ1n) is 10.1. The van der Waals surface area contributed by atoms with Crippen LogP contribution >= 0.6 is 0 Å². The summed E-state index contributed by atoms with van der Waals surface area (Å²) in [6.07, 6.45) is 2.94. The van der Waals surface area contributed by atoms with Gasteiger partial charge in [0.1, 0.15) is 5.75 Å². The molecule has 0 saturated heterocycles. The molecule has 0 saturated carbocycles. The Balaban J connectivity index is 1.66. The van der Waals surface area contributed by atoms with E-state index in [0.717, 1.165) is 47.4 Å². The highest BCUT2D eigenvalue weighted by molar-refractivity contribution is 5.94. The van der Waals surface area contributed by atoms with Gasteiger partial charge in [-0.25, -0.2) is 4.68 Å². The van der Waals surface area contributed by atoms with E-state index in [2.05, 4.69) is 19.1 Å². The summed E-state index contributed by atoms with van der Waals surface area (Å²) in [5.74, 6) is 0.781. The van der Waals surface area contributed by atoms with Gasteiger partial charge in [-0.3, -0.25) is 4.79 Å². The van der Waals surface area contributed by atoms with E-state index in [4.69, 9.17) is 9.84 Å². The van der Waals surface area contributed by atoms with Crippen molar-refractivity contribution in [2.45, 2.75) is 39.2 Å². The van der Waals surface area contributed by atoms with E-state index in [1.807, 2.05) is 55.1 Å². The fourth-order valence-electron chi connectivity index (χ4n) is 4.06. The molecule has 2 aromatic carbocycles. The third kappa shape index (κ3) is 3.41. The summed E-state index contributed by atoms with van der Waals surface area (Å²) in [7, 11) is 3.50. The highest BCUT2D eigenvalue weighted by atomic mass is 16.5. The minimum Gasteiger partial charge on any atom is -0.497 e. The molecule has 1 amide bonds. The maximum atomic E-state index is 13.4. The maximum absolute atomic E-state index is 13.4. The Morgan fingerprint density at radius 3 is 2.55 bits per heavy atom. The Kier molecular flexibility index (Phi) is 5.14. The fourth-order valence-corrected chi connectivity index (χ4v) is 4.06. The standard InChI is InChI=1S/C24H27N3O2/c1-16-8-5-6-10-21(16)27-22-11-7-9-20(22)23(25-27)24(28)26(3)17(2)18-12-14-19(29-4)15-13-18/h5-6,8,10,12-15,17H,7,9,11H2,1-4H3. The van der Waals surface area contributed by atoms with Crippen LogP contribution in [0.3, 0.4) is 0 Å². The number of aromatic nitrogens is 2. The lowest BCUT2D eigenvalue weighted by Crippen LogP contribution is -2.30. The number of hydrogen-bond acceptors (Lipinski definition) is 3. The number of amides is 1. The van der Waals surface area contributed by atoms with Crippen LogP contribution < -0.4 is 4.74 Å². The summed E-state index contributed by atoms with van der Waals surface area (Å²) in [6.45, 7) is 4.12. The van der Waals surface area contributed by atoms with E-state index >= 15 is 0 Å². The van der Waals surface area contributed by atoms with Crippen LogP contribution in [0.15, 0.2) is 48.5 Å². The van der Waals surface area contributed by atoms with Crippen LogP contribution in [0.25, 0.3) is 5.69 Å². The minimum absolute atomic E-state index is 0.0289. The lowest BCUT2D eigenvalue weighted by Gasteiger charge is -2.25. The molecule has 0 spiro atoms. The molecule has 1 aliphatic rings. The number of aryl methyl sites for hydroxylation is 1. The van der Waals surface area contributed by atoms with Crippen LogP contribution in [0.5, 0.6) is 5.75 Å². The molecular weight excluding hydrogens is 362 g/mol. The number of methoxy groups -OCH3 is 1. The number of carbonyl (C=O) groups is 1. The van der Waals surface area contributed by atoms with Gasteiger partial charge in [0.15, 0.2) is 5.69 Å². The van der Waals surface area contributed by atoms with Gasteiger partial charge in [0.2, 0.25) is 0 Å². The van der Waals surface area contributed by atoms with Crippen LogP contribution in [0.1, 0.15) is 52.3 Å². The Hall–Kier alpha value is -3.08. The van der Waals surface area contributed by atoms with Crippen molar-refractivity contribution < 1.29 is 9.53 Å². The molecule has 1 aliphatic carbocycles. The Bertz CT molecular complexity index is 1040. The van der Waals surface area contributed by atoms with Gasteiger partial charge in [0.25, 0.3) is 5.91 Å². The van der Waals surface area contributed by atoms with Crippen LogP contribution in [-0.2, 0) is 12.8 Å². The molecule has 150 valence electrons. The van der Waals surface area contributed by atoms with Crippen LogP contribution in [0.4, 0.5) is 0 Å². The van der Waals surface area contributed by atoms with Crippen molar-refractivity contribution >= 4 is 5.91 Å². The lowest BCUT2D eigenvalue weighted by atomic mass is 10.1. The second kappa shape index (κ2) is 7.74. The summed E-state index contributed by atoms with van der Waals surface area (Å²) >= 11 is 0. The zero-order chi connectivity index (χ0) is 20.5. The van der Waals surface area contributed by atoms with E-state index in [-0.39, 0.29) is 11.9 Å². The molecule has 29 heavy (non-hydrogen) atoms. The zero-order valence-electron chi connectivity index (χ0n) is 17.5. The van der Waals surface area contributed by atoms with Crippen LogP contribution in [-0.4, -0.2) is 34.7 Å². The molecule has 1 unspecified atom stereocenters. The SMILES string of the molecule is COc1ccc(C(C)N(C)C(=O)c2nn(-c3ccccc3C)c3c2CCC3)cc1. The first-order chi connectivity index (χ1) is 14.0. The topological polar surface area (TPSA) is 47.4 Å². The Morgan fingerprint density at radius 1 is 1.14 bits per heavy atom. The third-order valence-corrected chi connectivity index (χ3v) is 5.98. The van der Waals surface area contributed by atoms with Gasteiger partial charge in [-0.1, -0.05) is 30.3 Å². The fraction of sp³-hybridized carbons (Fsp3) is 0.333. The molecule has 0 bridgehead atoms. The number of benzene rings is 2. The van der Waals surface area contributed by atoms with Crippen molar-refractivity contribution in [1.29, 1.82) is 0 Å². The molecule has 5 nitrogen and oxygen atoms in total. The summed E-state index contributed by atoms with van der Waals surface area (Å²) in [5.41, 5.74) is 6.14. The van der Waals surface area contributed by atoms with Crippen molar-refractivity contribution in [3.8, 4) is 11.4 Å². The van der Waals surface area contributed by atoms with E-state index in [1.165, 1.54) is 5.69 Å². The Morgan fingerprint density at radius 2 is 1.86 bits per heavy atom. The number of para-hydroxylation sites is 1.